The van der Waals surface area contributed by atoms with E-state index in [2.05, 4.69) is 37.9 Å². The van der Waals surface area contributed by atoms with Crippen molar-refractivity contribution in [2.24, 2.45) is 17.8 Å². The van der Waals surface area contributed by atoms with Gasteiger partial charge in [0.05, 0.1) is 19.2 Å². The third kappa shape index (κ3) is 5.41. The Morgan fingerprint density at radius 2 is 1.89 bits per heavy atom. The van der Waals surface area contributed by atoms with Crippen molar-refractivity contribution in [1.29, 1.82) is 0 Å². The number of aromatic nitrogens is 1. The lowest BCUT2D eigenvalue weighted by molar-refractivity contribution is -0.132. The molecular weight excluding hydrogens is 452 g/mol. The molecule has 2 amide bonds. The van der Waals surface area contributed by atoms with Gasteiger partial charge in [-0.2, -0.15) is 0 Å². The number of piperidine rings is 1. The molecule has 1 N–H and O–H groups in total. The number of ether oxygens (including phenoxy) is 1. The monoisotopic (exact) mass is 496 g/mol. The summed E-state index contributed by atoms with van der Waals surface area (Å²) < 4.78 is 7.43. The molecule has 0 aliphatic carbocycles. The van der Waals surface area contributed by atoms with Crippen molar-refractivity contribution in [2.75, 3.05) is 39.8 Å². The van der Waals surface area contributed by atoms with E-state index in [1.807, 2.05) is 40.7 Å². The van der Waals surface area contributed by atoms with Crippen LogP contribution in [0.3, 0.4) is 0 Å². The lowest BCUT2D eigenvalue weighted by atomic mass is 9.92. The van der Waals surface area contributed by atoms with Gasteiger partial charge in [0, 0.05) is 37.6 Å². The van der Waals surface area contributed by atoms with Gasteiger partial charge in [0.15, 0.2) is 0 Å². The van der Waals surface area contributed by atoms with Gasteiger partial charge in [0.1, 0.15) is 17.0 Å². The smallest absolute Gasteiger partial charge is 0.271 e. The van der Waals surface area contributed by atoms with Gasteiger partial charge in [0.2, 0.25) is 5.91 Å². The minimum Gasteiger partial charge on any atom is -0.497 e. The van der Waals surface area contributed by atoms with E-state index in [1.54, 1.807) is 7.11 Å². The molecule has 36 heavy (non-hydrogen) atoms. The van der Waals surface area contributed by atoms with Gasteiger partial charge >= 0.3 is 0 Å². The third-order valence-electron chi connectivity index (χ3n) is 7.94. The van der Waals surface area contributed by atoms with Crippen molar-refractivity contribution in [3.8, 4) is 5.75 Å². The second-order valence-electron chi connectivity index (χ2n) is 11.8. The van der Waals surface area contributed by atoms with Crippen LogP contribution in [-0.2, 0) is 11.3 Å². The number of methoxy groups -OCH3 is 1. The number of hydrogen-bond donors (Lipinski definition) is 1. The Hall–Kier alpha value is -2.54. The minimum atomic E-state index is -0.956. The molecule has 1 aromatic heterocycles. The lowest BCUT2D eigenvalue weighted by Gasteiger charge is -2.44. The van der Waals surface area contributed by atoms with Gasteiger partial charge in [0.25, 0.3) is 5.91 Å². The fourth-order valence-corrected chi connectivity index (χ4v) is 6.06. The largest absolute Gasteiger partial charge is 0.497 e. The van der Waals surface area contributed by atoms with E-state index < -0.39 is 5.54 Å². The van der Waals surface area contributed by atoms with Gasteiger partial charge < -0.3 is 24.4 Å². The topological polar surface area (TPSA) is 66.8 Å². The zero-order chi connectivity index (χ0) is 26.0. The molecule has 0 radical (unpaired) electrons. The van der Waals surface area contributed by atoms with Crippen LogP contribution in [0.5, 0.6) is 5.75 Å². The van der Waals surface area contributed by atoms with E-state index in [0.29, 0.717) is 31.2 Å². The Morgan fingerprint density at radius 3 is 2.56 bits per heavy atom. The molecule has 198 valence electrons. The second kappa shape index (κ2) is 10.8. The van der Waals surface area contributed by atoms with Crippen LogP contribution in [0.1, 0.15) is 64.4 Å². The van der Waals surface area contributed by atoms with Gasteiger partial charge in [-0.1, -0.05) is 27.7 Å². The predicted molar refractivity (Wildman–Crippen MR) is 144 cm³/mol. The SMILES string of the molecule is COc1ccc2cc3n(c2c1)C[C@](C)(C(=O)NCCCN1C[C@H](C)C[C@@H](C)C1)N(CCC(C)C)C3=O. The van der Waals surface area contributed by atoms with Crippen LogP contribution in [0.2, 0.25) is 0 Å². The predicted octanol–water partition coefficient (Wildman–Crippen LogP) is 4.39. The highest BCUT2D eigenvalue weighted by Gasteiger charge is 2.47. The van der Waals surface area contributed by atoms with Crippen LogP contribution in [0.4, 0.5) is 0 Å². The van der Waals surface area contributed by atoms with Crippen molar-refractivity contribution in [3.63, 3.8) is 0 Å². The first kappa shape index (κ1) is 26.5. The summed E-state index contributed by atoms with van der Waals surface area (Å²) in [6, 6.07) is 7.78. The first-order valence-corrected chi connectivity index (χ1v) is 13.6. The molecule has 7 nitrogen and oxygen atoms in total. The van der Waals surface area contributed by atoms with E-state index >= 15 is 0 Å². The number of hydrogen-bond acceptors (Lipinski definition) is 4. The zero-order valence-corrected chi connectivity index (χ0v) is 23.0. The standard InChI is InChI=1S/C29H44N4O3/c1-20(2)10-13-33-27(34)26-15-23-8-9-24(36-6)16-25(23)32(26)19-29(33,5)28(35)30-11-7-12-31-17-21(3)14-22(4)18-31/h8-9,15-16,20-22H,7,10-14,17-19H2,1-6H3,(H,30,35)/t21-,22-,29-/m1/s1. The third-order valence-corrected chi connectivity index (χ3v) is 7.94. The molecule has 0 saturated carbocycles. The van der Waals surface area contributed by atoms with Crippen LogP contribution in [-0.4, -0.2) is 71.6 Å². The first-order valence-electron chi connectivity index (χ1n) is 13.6. The Balaban J connectivity index is 1.51. The van der Waals surface area contributed by atoms with Crippen LogP contribution in [0.25, 0.3) is 10.9 Å². The van der Waals surface area contributed by atoms with Gasteiger partial charge in [-0.3, -0.25) is 9.59 Å². The molecule has 1 aromatic carbocycles. The number of likely N-dealkylation sites (tertiary alicyclic amines) is 1. The van der Waals surface area contributed by atoms with E-state index in [0.717, 1.165) is 61.0 Å². The number of benzene rings is 1. The van der Waals surface area contributed by atoms with Crippen LogP contribution >= 0.6 is 0 Å². The number of nitrogens with one attached hydrogen (secondary N) is 1. The maximum absolute atomic E-state index is 13.8. The van der Waals surface area contributed by atoms with Gasteiger partial charge in [-0.15, -0.1) is 0 Å². The number of fused-ring (bicyclic) bond motifs is 3. The van der Waals surface area contributed by atoms with Crippen LogP contribution in [0.15, 0.2) is 24.3 Å². The summed E-state index contributed by atoms with van der Waals surface area (Å²) >= 11 is 0. The number of carbonyl (C=O) groups is 2. The van der Waals surface area contributed by atoms with Crippen molar-refractivity contribution < 1.29 is 14.3 Å². The zero-order valence-electron chi connectivity index (χ0n) is 23.0. The van der Waals surface area contributed by atoms with E-state index in [4.69, 9.17) is 4.74 Å². The summed E-state index contributed by atoms with van der Waals surface area (Å²) in [6.07, 6.45) is 3.07. The van der Waals surface area contributed by atoms with E-state index in [9.17, 15) is 9.59 Å². The Morgan fingerprint density at radius 1 is 1.17 bits per heavy atom. The van der Waals surface area contributed by atoms with Crippen LogP contribution in [0, 0.1) is 17.8 Å². The highest BCUT2D eigenvalue weighted by atomic mass is 16.5. The van der Waals surface area contributed by atoms with Gasteiger partial charge in [-0.05, 0) is 68.7 Å². The fourth-order valence-electron chi connectivity index (χ4n) is 6.06. The molecule has 1 saturated heterocycles. The highest BCUT2D eigenvalue weighted by Crippen LogP contribution is 2.34. The number of rotatable bonds is 9. The maximum Gasteiger partial charge on any atom is 0.271 e. The average Bonchev–Trinajstić information content (AvgIpc) is 3.18. The van der Waals surface area contributed by atoms with Crippen molar-refractivity contribution in [1.82, 2.24) is 19.7 Å². The molecule has 0 bridgehead atoms. The molecule has 0 spiro atoms. The fraction of sp³-hybridized carbons (Fsp3) is 0.655. The molecule has 2 aliphatic rings. The number of nitrogens with zero attached hydrogens (tertiary/aromatic N) is 3. The molecule has 2 aliphatic heterocycles. The second-order valence-corrected chi connectivity index (χ2v) is 11.8. The summed E-state index contributed by atoms with van der Waals surface area (Å²) in [5, 5.41) is 4.17. The molecular formula is C29H44N4O3. The summed E-state index contributed by atoms with van der Waals surface area (Å²) in [6.45, 7) is 15.8. The normalized spacial score (nSPS) is 24.9. The lowest BCUT2D eigenvalue weighted by Crippen LogP contribution is -2.64. The minimum absolute atomic E-state index is 0.0737. The van der Waals surface area contributed by atoms with Gasteiger partial charge in [-0.25, -0.2) is 0 Å². The average molecular weight is 497 g/mol. The molecule has 0 unspecified atom stereocenters. The number of carbonyl (C=O) groups excluding carboxylic acids is 2. The quantitative estimate of drug-likeness (QED) is 0.523. The molecule has 1 fully saturated rings. The molecule has 3 heterocycles. The Kier molecular flexibility index (Phi) is 7.98. The van der Waals surface area contributed by atoms with Crippen molar-refractivity contribution in [2.45, 2.75) is 66.0 Å². The molecule has 4 rings (SSSR count). The van der Waals surface area contributed by atoms with E-state index in [1.165, 1.54) is 6.42 Å². The highest BCUT2D eigenvalue weighted by molar-refractivity contribution is 6.03. The first-order chi connectivity index (χ1) is 17.1. The summed E-state index contributed by atoms with van der Waals surface area (Å²) in [5.74, 6) is 2.49. The number of amides is 2. The Labute approximate surface area is 216 Å². The summed E-state index contributed by atoms with van der Waals surface area (Å²) in [4.78, 5) is 31.8. The molecule has 3 atom stereocenters. The van der Waals surface area contributed by atoms with Crippen molar-refractivity contribution >= 4 is 22.7 Å². The summed E-state index contributed by atoms with van der Waals surface area (Å²) in [7, 11) is 1.64. The van der Waals surface area contributed by atoms with Crippen LogP contribution < -0.4 is 10.1 Å². The Bertz CT molecular complexity index is 1080. The summed E-state index contributed by atoms with van der Waals surface area (Å²) in [5.41, 5.74) is 0.608. The maximum atomic E-state index is 13.8. The molecule has 2 aromatic rings. The molecule has 7 heteroatoms. The van der Waals surface area contributed by atoms with Crippen molar-refractivity contribution in [3.05, 3.63) is 30.0 Å². The van der Waals surface area contributed by atoms with E-state index in [-0.39, 0.29) is 11.8 Å².